The second-order valence-corrected chi connectivity index (χ2v) is 8.28. The fourth-order valence-corrected chi connectivity index (χ4v) is 6.02. The molecular formula is C20H24O4. The normalized spacial score (nSPS) is 41.0. The topological polar surface area (TPSA) is 71.4 Å². The van der Waals surface area contributed by atoms with E-state index in [1.54, 1.807) is 6.08 Å². The van der Waals surface area contributed by atoms with Crippen LogP contribution in [0.3, 0.4) is 0 Å². The Labute approximate surface area is 142 Å². The Hall–Kier alpha value is -1.71. The van der Waals surface area contributed by atoms with Gasteiger partial charge in [0.2, 0.25) is 0 Å². The van der Waals surface area contributed by atoms with Crippen molar-refractivity contribution in [3.63, 3.8) is 0 Å². The molecule has 2 fully saturated rings. The largest absolute Gasteiger partial charge is 0.481 e. The van der Waals surface area contributed by atoms with Crippen LogP contribution in [0.25, 0.3) is 0 Å². The van der Waals surface area contributed by atoms with E-state index in [-0.39, 0.29) is 17.6 Å². The summed E-state index contributed by atoms with van der Waals surface area (Å²) in [5.74, 6) is 0.347. The molecule has 0 aromatic heterocycles. The van der Waals surface area contributed by atoms with Gasteiger partial charge in [0, 0.05) is 23.7 Å². The van der Waals surface area contributed by atoms with Crippen molar-refractivity contribution in [1.82, 2.24) is 0 Å². The van der Waals surface area contributed by atoms with Crippen molar-refractivity contribution in [2.45, 2.75) is 58.3 Å². The second kappa shape index (κ2) is 5.14. The molecular weight excluding hydrogens is 304 g/mol. The molecule has 0 aliphatic heterocycles. The first kappa shape index (κ1) is 15.8. The Balaban J connectivity index is 1.82. The van der Waals surface area contributed by atoms with Gasteiger partial charge in [0.05, 0.1) is 6.42 Å². The van der Waals surface area contributed by atoms with Crippen LogP contribution in [-0.2, 0) is 14.4 Å². The van der Waals surface area contributed by atoms with Gasteiger partial charge in [-0.05, 0) is 50.0 Å². The van der Waals surface area contributed by atoms with Gasteiger partial charge in [0.25, 0.3) is 0 Å². The molecule has 0 aromatic carbocycles. The zero-order valence-electron chi connectivity index (χ0n) is 14.1. The average molecular weight is 328 g/mol. The average Bonchev–Trinajstić information content (AvgIpc) is 2.83. The summed E-state index contributed by atoms with van der Waals surface area (Å²) in [6.07, 6.45) is 9.07. The number of allylic oxidation sites excluding steroid dienone is 4. The Morgan fingerprint density at radius 3 is 2.79 bits per heavy atom. The molecule has 0 unspecified atom stereocenters. The van der Waals surface area contributed by atoms with Crippen molar-refractivity contribution in [3.05, 3.63) is 23.3 Å². The first-order valence-electron chi connectivity index (χ1n) is 9.06. The standard InChI is InChI=1S/C20H24O4/c1-19-8-7-16-14(15(19)4-5-17(19)22)3-2-12-10-13(21)6-9-20(12,16)11-18(23)24/h7,10,14-15H,2-6,8-9,11H2,1H3,(H,23,24)/t14-,15-,19-,20+/m0/s1. The molecule has 2 saturated carbocycles. The smallest absolute Gasteiger partial charge is 0.304 e. The molecule has 0 aromatic rings. The summed E-state index contributed by atoms with van der Waals surface area (Å²) in [5.41, 5.74) is 1.52. The van der Waals surface area contributed by atoms with E-state index in [2.05, 4.69) is 13.0 Å². The van der Waals surface area contributed by atoms with Crippen molar-refractivity contribution in [1.29, 1.82) is 0 Å². The molecule has 0 heterocycles. The third kappa shape index (κ3) is 2.01. The minimum absolute atomic E-state index is 0.0752. The van der Waals surface area contributed by atoms with Gasteiger partial charge in [0.15, 0.2) is 5.78 Å². The predicted molar refractivity (Wildman–Crippen MR) is 88.3 cm³/mol. The number of carboxylic acid groups (broad SMARTS) is 1. The summed E-state index contributed by atoms with van der Waals surface area (Å²) in [7, 11) is 0. The van der Waals surface area contributed by atoms with Crippen molar-refractivity contribution in [3.8, 4) is 0 Å². The molecule has 0 radical (unpaired) electrons. The number of rotatable bonds is 2. The molecule has 4 aliphatic rings. The summed E-state index contributed by atoms with van der Waals surface area (Å²) in [6, 6.07) is 0. The molecule has 128 valence electrons. The Morgan fingerprint density at radius 1 is 1.25 bits per heavy atom. The number of ketones is 2. The lowest BCUT2D eigenvalue weighted by atomic mass is 9.50. The van der Waals surface area contributed by atoms with Gasteiger partial charge < -0.3 is 5.11 Å². The number of hydrogen-bond donors (Lipinski definition) is 1. The van der Waals surface area contributed by atoms with Gasteiger partial charge in [-0.25, -0.2) is 0 Å². The maximum atomic E-state index is 12.4. The molecule has 4 atom stereocenters. The molecule has 4 aliphatic carbocycles. The van der Waals surface area contributed by atoms with Gasteiger partial charge in [-0.15, -0.1) is 0 Å². The highest BCUT2D eigenvalue weighted by atomic mass is 16.4. The van der Waals surface area contributed by atoms with Crippen LogP contribution < -0.4 is 0 Å². The van der Waals surface area contributed by atoms with Crippen LogP contribution in [0.4, 0.5) is 0 Å². The molecule has 4 nitrogen and oxygen atoms in total. The number of hydrogen-bond acceptors (Lipinski definition) is 3. The fraction of sp³-hybridized carbons (Fsp3) is 0.650. The minimum Gasteiger partial charge on any atom is -0.481 e. The quantitative estimate of drug-likeness (QED) is 0.788. The maximum absolute atomic E-state index is 12.4. The summed E-state index contributed by atoms with van der Waals surface area (Å²) in [6.45, 7) is 2.10. The van der Waals surface area contributed by atoms with E-state index < -0.39 is 11.4 Å². The minimum atomic E-state index is -0.798. The van der Waals surface area contributed by atoms with Gasteiger partial charge in [0.1, 0.15) is 5.78 Å². The van der Waals surface area contributed by atoms with E-state index in [4.69, 9.17) is 0 Å². The van der Waals surface area contributed by atoms with Gasteiger partial charge in [-0.2, -0.15) is 0 Å². The van der Waals surface area contributed by atoms with Crippen LogP contribution >= 0.6 is 0 Å². The van der Waals surface area contributed by atoms with Gasteiger partial charge in [-0.3, -0.25) is 14.4 Å². The molecule has 4 heteroatoms. The van der Waals surface area contributed by atoms with Crippen molar-refractivity contribution < 1.29 is 19.5 Å². The number of carboxylic acids is 1. The zero-order chi connectivity index (χ0) is 17.1. The predicted octanol–water partition coefficient (Wildman–Crippen LogP) is 3.46. The van der Waals surface area contributed by atoms with E-state index in [1.165, 1.54) is 5.57 Å². The summed E-state index contributed by atoms with van der Waals surface area (Å²) in [5, 5.41) is 9.54. The Kier molecular flexibility index (Phi) is 3.38. The van der Waals surface area contributed by atoms with Gasteiger partial charge in [-0.1, -0.05) is 24.1 Å². The molecule has 0 spiro atoms. The third-order valence-corrected chi connectivity index (χ3v) is 7.25. The third-order valence-electron chi connectivity index (χ3n) is 7.25. The van der Waals surface area contributed by atoms with Crippen molar-refractivity contribution >= 4 is 17.5 Å². The number of fused-ring (bicyclic) bond motifs is 5. The lowest BCUT2D eigenvalue weighted by Crippen LogP contribution is -2.46. The number of Topliss-reactive ketones (excluding diaryl/α,β-unsaturated/α-hetero) is 1. The number of carbonyl (C=O) groups is 3. The van der Waals surface area contributed by atoms with Crippen LogP contribution in [0, 0.1) is 22.7 Å². The van der Waals surface area contributed by atoms with E-state index >= 15 is 0 Å². The van der Waals surface area contributed by atoms with E-state index in [0.717, 1.165) is 31.3 Å². The molecule has 24 heavy (non-hydrogen) atoms. The lowest BCUT2D eigenvalue weighted by molar-refractivity contribution is -0.140. The van der Waals surface area contributed by atoms with Gasteiger partial charge >= 0.3 is 5.97 Å². The first-order chi connectivity index (χ1) is 11.4. The lowest BCUT2D eigenvalue weighted by Gasteiger charge is -2.53. The van der Waals surface area contributed by atoms with Crippen LogP contribution in [0.15, 0.2) is 23.3 Å². The second-order valence-electron chi connectivity index (χ2n) is 8.28. The Bertz CT molecular complexity index is 700. The highest BCUT2D eigenvalue weighted by Gasteiger charge is 2.57. The number of carbonyl (C=O) groups excluding carboxylic acids is 2. The fourth-order valence-electron chi connectivity index (χ4n) is 6.02. The molecule has 0 saturated heterocycles. The first-order valence-corrected chi connectivity index (χ1v) is 9.06. The van der Waals surface area contributed by atoms with Crippen molar-refractivity contribution in [2.75, 3.05) is 0 Å². The molecule has 1 N–H and O–H groups in total. The highest BCUT2D eigenvalue weighted by Crippen LogP contribution is 2.63. The van der Waals surface area contributed by atoms with E-state index in [1.807, 2.05) is 0 Å². The van der Waals surface area contributed by atoms with Crippen LogP contribution in [0.5, 0.6) is 0 Å². The molecule has 4 rings (SSSR count). The number of aliphatic carboxylic acids is 1. The SMILES string of the molecule is C[C@]12CC=C3[C@@H](CCC4=CC(=O)CC[C@@]43CC(=O)O)[C@@H]1CCC2=O. The van der Waals surface area contributed by atoms with Crippen LogP contribution in [0.1, 0.15) is 58.3 Å². The zero-order valence-corrected chi connectivity index (χ0v) is 14.1. The molecule has 0 bridgehead atoms. The highest BCUT2D eigenvalue weighted by molar-refractivity contribution is 5.92. The summed E-state index contributed by atoms with van der Waals surface area (Å²) >= 11 is 0. The van der Waals surface area contributed by atoms with E-state index in [0.29, 0.717) is 36.9 Å². The summed E-state index contributed by atoms with van der Waals surface area (Å²) < 4.78 is 0. The maximum Gasteiger partial charge on any atom is 0.304 e. The Morgan fingerprint density at radius 2 is 2.04 bits per heavy atom. The van der Waals surface area contributed by atoms with Crippen molar-refractivity contribution in [2.24, 2.45) is 22.7 Å². The monoisotopic (exact) mass is 328 g/mol. The summed E-state index contributed by atoms with van der Waals surface area (Å²) in [4.78, 5) is 35.9. The van der Waals surface area contributed by atoms with Crippen LogP contribution in [-0.4, -0.2) is 22.6 Å². The molecule has 0 amide bonds. The van der Waals surface area contributed by atoms with Crippen LogP contribution in [0.2, 0.25) is 0 Å². The van der Waals surface area contributed by atoms with E-state index in [9.17, 15) is 19.5 Å².